The minimum Gasteiger partial charge on any atom is -0.385 e. The summed E-state index contributed by atoms with van der Waals surface area (Å²) in [7, 11) is 1.74. The summed E-state index contributed by atoms with van der Waals surface area (Å²) in [6.07, 6.45) is 1.08. The highest BCUT2D eigenvalue weighted by Crippen LogP contribution is 2.17. The molecule has 3 heteroatoms. The Balaban J connectivity index is 2.15. The third-order valence-electron chi connectivity index (χ3n) is 1.95. The first kappa shape index (κ1) is 10.7. The van der Waals surface area contributed by atoms with Crippen LogP contribution in [-0.4, -0.2) is 20.3 Å². The predicted molar refractivity (Wildman–Crippen MR) is 57.2 cm³/mol. The van der Waals surface area contributed by atoms with Crippen molar-refractivity contribution in [3.8, 4) is 0 Å². The Hall–Kier alpha value is -0.380. The lowest BCUT2D eigenvalue weighted by atomic mass is 10.2. The van der Waals surface area contributed by atoms with Gasteiger partial charge in [0.05, 0.1) is 0 Å². The summed E-state index contributed by atoms with van der Waals surface area (Å²) >= 11 is 1.80. The number of hydrogen-bond donors (Lipinski definition) is 1. The molecule has 0 saturated heterocycles. The monoisotopic (exact) mass is 199 g/mol. The molecule has 74 valence electrons. The van der Waals surface area contributed by atoms with Crippen LogP contribution in [0.15, 0.2) is 17.5 Å². The van der Waals surface area contributed by atoms with Gasteiger partial charge in [-0.25, -0.2) is 0 Å². The van der Waals surface area contributed by atoms with Crippen molar-refractivity contribution in [2.45, 2.75) is 19.4 Å². The Labute approximate surface area is 83.9 Å². The largest absolute Gasteiger partial charge is 0.385 e. The molecule has 1 atom stereocenters. The molecule has 1 rings (SSSR count). The van der Waals surface area contributed by atoms with Crippen molar-refractivity contribution in [2.75, 3.05) is 20.3 Å². The van der Waals surface area contributed by atoms with Crippen LogP contribution in [0.2, 0.25) is 0 Å². The van der Waals surface area contributed by atoms with Crippen LogP contribution in [-0.2, 0) is 4.74 Å². The van der Waals surface area contributed by atoms with Gasteiger partial charge in [0.25, 0.3) is 0 Å². The van der Waals surface area contributed by atoms with Crippen LogP contribution in [0, 0.1) is 0 Å². The summed E-state index contributed by atoms with van der Waals surface area (Å²) < 4.78 is 4.98. The Morgan fingerprint density at radius 2 is 2.46 bits per heavy atom. The molecular weight excluding hydrogens is 182 g/mol. The van der Waals surface area contributed by atoms with Crippen molar-refractivity contribution in [3.63, 3.8) is 0 Å². The number of nitrogens with one attached hydrogen (secondary N) is 1. The van der Waals surface area contributed by atoms with E-state index in [0.717, 1.165) is 19.6 Å². The fourth-order valence-corrected chi connectivity index (χ4v) is 1.93. The highest BCUT2D eigenvalue weighted by Gasteiger charge is 2.03. The van der Waals surface area contributed by atoms with Gasteiger partial charge in [0.1, 0.15) is 0 Å². The Kier molecular flexibility index (Phi) is 5.05. The molecule has 0 aliphatic carbocycles. The van der Waals surface area contributed by atoms with Gasteiger partial charge in [-0.1, -0.05) is 6.07 Å². The van der Waals surface area contributed by atoms with Gasteiger partial charge in [-0.3, -0.25) is 0 Å². The first-order valence-electron chi connectivity index (χ1n) is 4.60. The SMILES string of the molecule is COCCCNC(C)c1cccs1. The zero-order valence-electron chi connectivity index (χ0n) is 8.25. The first-order valence-corrected chi connectivity index (χ1v) is 5.48. The highest BCUT2D eigenvalue weighted by atomic mass is 32.1. The lowest BCUT2D eigenvalue weighted by molar-refractivity contribution is 0.193. The average Bonchev–Trinajstić information content (AvgIpc) is 2.65. The van der Waals surface area contributed by atoms with Gasteiger partial charge < -0.3 is 10.1 Å². The molecular formula is C10H17NOS. The van der Waals surface area contributed by atoms with E-state index in [0.29, 0.717) is 6.04 Å². The van der Waals surface area contributed by atoms with Crippen LogP contribution >= 0.6 is 11.3 Å². The minimum absolute atomic E-state index is 0.469. The van der Waals surface area contributed by atoms with Crippen LogP contribution in [0.5, 0.6) is 0 Å². The maximum atomic E-state index is 4.98. The van der Waals surface area contributed by atoms with Crippen molar-refractivity contribution in [1.29, 1.82) is 0 Å². The zero-order chi connectivity index (χ0) is 9.52. The van der Waals surface area contributed by atoms with E-state index in [9.17, 15) is 0 Å². The maximum Gasteiger partial charge on any atom is 0.0474 e. The van der Waals surface area contributed by atoms with Crippen molar-refractivity contribution in [3.05, 3.63) is 22.4 Å². The fourth-order valence-electron chi connectivity index (χ4n) is 1.17. The first-order chi connectivity index (χ1) is 6.34. The van der Waals surface area contributed by atoms with Crippen LogP contribution in [0.4, 0.5) is 0 Å². The van der Waals surface area contributed by atoms with E-state index in [1.54, 1.807) is 18.4 Å². The molecule has 0 fully saturated rings. The topological polar surface area (TPSA) is 21.3 Å². The molecule has 0 aliphatic rings. The van der Waals surface area contributed by atoms with Crippen LogP contribution in [0.3, 0.4) is 0 Å². The molecule has 0 aliphatic heterocycles. The number of methoxy groups -OCH3 is 1. The van der Waals surface area contributed by atoms with Crippen molar-refractivity contribution >= 4 is 11.3 Å². The second-order valence-corrected chi connectivity index (χ2v) is 4.02. The van der Waals surface area contributed by atoms with Gasteiger partial charge in [-0.05, 0) is 31.3 Å². The van der Waals surface area contributed by atoms with E-state index in [1.165, 1.54) is 4.88 Å². The Bertz CT molecular complexity index is 211. The van der Waals surface area contributed by atoms with E-state index in [2.05, 4.69) is 29.8 Å². The van der Waals surface area contributed by atoms with E-state index in [1.807, 2.05) is 0 Å². The summed E-state index contributed by atoms with van der Waals surface area (Å²) in [5.41, 5.74) is 0. The quantitative estimate of drug-likeness (QED) is 0.710. The summed E-state index contributed by atoms with van der Waals surface area (Å²) in [4.78, 5) is 1.40. The lowest BCUT2D eigenvalue weighted by Crippen LogP contribution is -2.19. The van der Waals surface area contributed by atoms with Crippen molar-refractivity contribution in [2.24, 2.45) is 0 Å². The summed E-state index contributed by atoms with van der Waals surface area (Å²) in [5.74, 6) is 0. The second kappa shape index (κ2) is 6.13. The number of thiophene rings is 1. The molecule has 0 bridgehead atoms. The zero-order valence-corrected chi connectivity index (χ0v) is 9.06. The number of ether oxygens (including phenoxy) is 1. The molecule has 1 N–H and O–H groups in total. The van der Waals surface area contributed by atoms with Gasteiger partial charge in [0, 0.05) is 24.6 Å². The molecule has 13 heavy (non-hydrogen) atoms. The molecule has 1 aromatic rings. The normalized spacial score (nSPS) is 13.1. The van der Waals surface area contributed by atoms with Gasteiger partial charge in [0.15, 0.2) is 0 Å². The lowest BCUT2D eigenvalue weighted by Gasteiger charge is -2.11. The minimum atomic E-state index is 0.469. The molecule has 1 aromatic heterocycles. The van der Waals surface area contributed by atoms with Crippen molar-refractivity contribution in [1.82, 2.24) is 5.32 Å². The van der Waals surface area contributed by atoms with Crippen LogP contribution in [0.1, 0.15) is 24.3 Å². The van der Waals surface area contributed by atoms with Crippen LogP contribution in [0.25, 0.3) is 0 Å². The van der Waals surface area contributed by atoms with Crippen LogP contribution < -0.4 is 5.32 Å². The average molecular weight is 199 g/mol. The summed E-state index contributed by atoms with van der Waals surface area (Å²) in [6, 6.07) is 4.73. The van der Waals surface area contributed by atoms with Gasteiger partial charge in [-0.2, -0.15) is 0 Å². The number of rotatable bonds is 6. The molecule has 1 heterocycles. The summed E-state index contributed by atoms with van der Waals surface area (Å²) in [6.45, 7) is 4.05. The molecule has 0 saturated carbocycles. The summed E-state index contributed by atoms with van der Waals surface area (Å²) in [5, 5.41) is 5.56. The second-order valence-electron chi connectivity index (χ2n) is 3.04. The van der Waals surface area contributed by atoms with E-state index < -0.39 is 0 Å². The third-order valence-corrected chi connectivity index (χ3v) is 3.00. The predicted octanol–water partition coefficient (Wildman–Crippen LogP) is 2.44. The van der Waals surface area contributed by atoms with E-state index >= 15 is 0 Å². The molecule has 1 unspecified atom stereocenters. The van der Waals surface area contributed by atoms with Gasteiger partial charge in [-0.15, -0.1) is 11.3 Å². The molecule has 0 radical (unpaired) electrons. The molecule has 0 amide bonds. The maximum absolute atomic E-state index is 4.98. The smallest absolute Gasteiger partial charge is 0.0474 e. The Morgan fingerprint density at radius 3 is 3.08 bits per heavy atom. The van der Waals surface area contributed by atoms with Gasteiger partial charge in [0.2, 0.25) is 0 Å². The fraction of sp³-hybridized carbons (Fsp3) is 0.600. The number of hydrogen-bond acceptors (Lipinski definition) is 3. The van der Waals surface area contributed by atoms with E-state index in [-0.39, 0.29) is 0 Å². The third kappa shape index (κ3) is 3.89. The van der Waals surface area contributed by atoms with Crippen molar-refractivity contribution < 1.29 is 4.74 Å². The molecule has 0 spiro atoms. The highest BCUT2D eigenvalue weighted by molar-refractivity contribution is 7.10. The standard InChI is InChI=1S/C10H17NOS/c1-9(10-5-3-8-13-10)11-6-4-7-12-2/h3,5,8-9,11H,4,6-7H2,1-2H3. The Morgan fingerprint density at radius 1 is 1.62 bits per heavy atom. The van der Waals surface area contributed by atoms with Gasteiger partial charge >= 0.3 is 0 Å². The molecule has 0 aromatic carbocycles. The molecule has 2 nitrogen and oxygen atoms in total. The van der Waals surface area contributed by atoms with E-state index in [4.69, 9.17) is 4.74 Å².